The number of hydrogen-bond donors (Lipinski definition) is 1. The van der Waals surface area contributed by atoms with Crippen LogP contribution in [0.1, 0.15) is 18.4 Å². The lowest BCUT2D eigenvalue weighted by molar-refractivity contribution is -0.111. The molecule has 1 N–H and O–H groups in total. The Balaban J connectivity index is 1.73. The van der Waals surface area contributed by atoms with E-state index in [1.165, 1.54) is 18.2 Å². The summed E-state index contributed by atoms with van der Waals surface area (Å²) in [6.07, 6.45) is 7.82. The van der Waals surface area contributed by atoms with E-state index in [9.17, 15) is 13.2 Å². The predicted octanol–water partition coefficient (Wildman–Crippen LogP) is 2.55. The molecule has 0 saturated carbocycles. The van der Waals surface area contributed by atoms with E-state index in [1.54, 1.807) is 36.7 Å². The molecule has 1 saturated heterocycles. The molecule has 140 valence electrons. The van der Waals surface area contributed by atoms with Gasteiger partial charge >= 0.3 is 0 Å². The number of amides is 1. The molecule has 2 aromatic rings. The van der Waals surface area contributed by atoms with Crippen LogP contribution in [-0.4, -0.2) is 43.6 Å². The Kier molecular flexibility index (Phi) is 5.66. The molecule has 1 fully saturated rings. The fraction of sp³-hybridized carbons (Fsp3) is 0.211. The van der Waals surface area contributed by atoms with Crippen molar-refractivity contribution in [2.75, 3.05) is 18.9 Å². The summed E-state index contributed by atoms with van der Waals surface area (Å²) in [6.45, 7) is 0.799. The average Bonchev–Trinajstić information content (AvgIpc) is 3.05. The Morgan fingerprint density at radius 3 is 2.85 bits per heavy atom. The van der Waals surface area contributed by atoms with Crippen molar-refractivity contribution in [1.29, 1.82) is 0 Å². The zero-order valence-corrected chi connectivity index (χ0v) is 15.7. The fourth-order valence-electron chi connectivity index (χ4n) is 2.67. The summed E-state index contributed by atoms with van der Waals surface area (Å²) in [5, 5.41) is 2.66. The van der Waals surface area contributed by atoms with Gasteiger partial charge in [-0.05, 0) is 42.3 Å². The molecule has 1 aromatic heterocycles. The lowest BCUT2D eigenvalue weighted by Gasteiger charge is -2.11. The Morgan fingerprint density at radius 1 is 1.30 bits per heavy atom. The number of nitrogens with zero attached hydrogens (tertiary/aromatic N) is 3. The van der Waals surface area contributed by atoms with Gasteiger partial charge in [-0.2, -0.15) is 8.42 Å². The molecule has 2 heterocycles. The molecule has 1 aliphatic heterocycles. The maximum Gasteiger partial charge on any atom is 0.284 e. The van der Waals surface area contributed by atoms with Gasteiger partial charge in [0, 0.05) is 44.2 Å². The minimum atomic E-state index is -3.82. The molecule has 1 aromatic carbocycles. The standard InChI is InChI=1S/C19H20N4O3S/c1-23-12-4-8-18(23)22-27(25,26)17-7-2-6-16(13-17)21-19(24)10-9-15-5-3-11-20-14-15/h2-3,5-7,9-11,13-14H,4,8,12H2,1H3,(H,21,24). The number of benzene rings is 1. The van der Waals surface area contributed by atoms with Crippen molar-refractivity contribution < 1.29 is 13.2 Å². The Hall–Kier alpha value is -3.00. The first-order valence-corrected chi connectivity index (χ1v) is 9.92. The highest BCUT2D eigenvalue weighted by Crippen LogP contribution is 2.20. The molecule has 0 spiro atoms. The summed E-state index contributed by atoms with van der Waals surface area (Å²) in [4.78, 5) is 17.9. The summed E-state index contributed by atoms with van der Waals surface area (Å²) in [5.74, 6) is 0.194. The summed E-state index contributed by atoms with van der Waals surface area (Å²) in [6, 6.07) is 9.67. The SMILES string of the molecule is CN1CCCC1=NS(=O)(=O)c1cccc(NC(=O)C=Cc2cccnc2)c1. The van der Waals surface area contributed by atoms with Crippen LogP contribution in [0.15, 0.2) is 64.2 Å². The third kappa shape index (κ3) is 5.01. The summed E-state index contributed by atoms with van der Waals surface area (Å²) in [5.41, 5.74) is 1.18. The molecule has 0 aliphatic carbocycles. The van der Waals surface area contributed by atoms with E-state index in [1.807, 2.05) is 18.0 Å². The van der Waals surface area contributed by atoms with Crippen molar-refractivity contribution in [3.63, 3.8) is 0 Å². The van der Waals surface area contributed by atoms with Gasteiger partial charge in [0.25, 0.3) is 10.0 Å². The van der Waals surface area contributed by atoms with Crippen LogP contribution in [0.25, 0.3) is 6.08 Å². The summed E-state index contributed by atoms with van der Waals surface area (Å²) < 4.78 is 29.0. The lowest BCUT2D eigenvalue weighted by Crippen LogP contribution is -2.20. The highest BCUT2D eigenvalue weighted by atomic mass is 32.2. The van der Waals surface area contributed by atoms with Gasteiger partial charge in [-0.3, -0.25) is 9.78 Å². The van der Waals surface area contributed by atoms with Gasteiger partial charge < -0.3 is 10.2 Å². The number of aromatic nitrogens is 1. The van der Waals surface area contributed by atoms with E-state index < -0.39 is 10.0 Å². The molecule has 0 radical (unpaired) electrons. The third-order valence-corrected chi connectivity index (χ3v) is 5.37. The number of pyridine rings is 1. The molecule has 0 unspecified atom stereocenters. The molecule has 8 heteroatoms. The minimum Gasteiger partial charge on any atom is -0.362 e. The van der Waals surface area contributed by atoms with Gasteiger partial charge in [0.15, 0.2) is 0 Å². The Bertz CT molecular complexity index is 985. The van der Waals surface area contributed by atoms with Crippen molar-refractivity contribution >= 4 is 33.5 Å². The molecule has 0 atom stereocenters. The second-order valence-electron chi connectivity index (χ2n) is 6.14. The number of anilines is 1. The van der Waals surface area contributed by atoms with E-state index in [4.69, 9.17) is 0 Å². The summed E-state index contributed by atoms with van der Waals surface area (Å²) >= 11 is 0. The van der Waals surface area contributed by atoms with Crippen LogP contribution in [0, 0.1) is 0 Å². The minimum absolute atomic E-state index is 0.0457. The number of likely N-dealkylation sites (tertiary alicyclic amines) is 1. The molecule has 7 nitrogen and oxygen atoms in total. The van der Waals surface area contributed by atoms with Crippen molar-refractivity contribution in [1.82, 2.24) is 9.88 Å². The smallest absolute Gasteiger partial charge is 0.284 e. The molecular formula is C19H20N4O3S. The van der Waals surface area contributed by atoms with Crippen molar-refractivity contribution in [3.8, 4) is 0 Å². The normalized spacial score (nSPS) is 16.2. The predicted molar refractivity (Wildman–Crippen MR) is 105 cm³/mol. The van der Waals surface area contributed by atoms with E-state index in [0.717, 1.165) is 18.5 Å². The molecule has 27 heavy (non-hydrogen) atoms. The quantitative estimate of drug-likeness (QED) is 0.800. The first-order chi connectivity index (χ1) is 12.9. The topological polar surface area (TPSA) is 91.7 Å². The van der Waals surface area contributed by atoms with Gasteiger partial charge in [0.05, 0.1) is 4.90 Å². The summed E-state index contributed by atoms with van der Waals surface area (Å²) in [7, 11) is -2.00. The number of sulfonamides is 1. The van der Waals surface area contributed by atoms with E-state index in [2.05, 4.69) is 14.7 Å². The largest absolute Gasteiger partial charge is 0.362 e. The van der Waals surface area contributed by atoms with Crippen LogP contribution in [0.3, 0.4) is 0 Å². The van der Waals surface area contributed by atoms with Gasteiger partial charge in [0.1, 0.15) is 5.84 Å². The van der Waals surface area contributed by atoms with Crippen molar-refractivity contribution in [2.24, 2.45) is 4.40 Å². The Morgan fingerprint density at radius 2 is 2.15 bits per heavy atom. The molecule has 0 bridgehead atoms. The van der Waals surface area contributed by atoms with Crippen molar-refractivity contribution in [2.45, 2.75) is 17.7 Å². The van der Waals surface area contributed by atoms with Crippen LogP contribution in [0.2, 0.25) is 0 Å². The molecule has 3 rings (SSSR count). The number of carbonyl (C=O) groups excluding carboxylic acids is 1. The van der Waals surface area contributed by atoms with Crippen molar-refractivity contribution in [3.05, 3.63) is 60.4 Å². The number of rotatable bonds is 5. The zero-order chi connectivity index (χ0) is 19.3. The monoisotopic (exact) mass is 384 g/mol. The van der Waals surface area contributed by atoms with Crippen LogP contribution < -0.4 is 5.32 Å². The second kappa shape index (κ2) is 8.13. The Labute approximate surface area is 158 Å². The maximum atomic E-state index is 12.5. The molecule has 1 aliphatic rings. The van der Waals surface area contributed by atoms with E-state index >= 15 is 0 Å². The highest BCUT2D eigenvalue weighted by molar-refractivity contribution is 7.90. The first kappa shape index (κ1) is 18.8. The maximum absolute atomic E-state index is 12.5. The van der Waals surface area contributed by atoms with Gasteiger partial charge in [-0.1, -0.05) is 12.1 Å². The zero-order valence-electron chi connectivity index (χ0n) is 14.9. The number of nitrogens with one attached hydrogen (secondary N) is 1. The molecule has 1 amide bonds. The number of hydrogen-bond acceptors (Lipinski definition) is 4. The van der Waals surface area contributed by atoms with Gasteiger partial charge in [-0.25, -0.2) is 0 Å². The highest BCUT2D eigenvalue weighted by Gasteiger charge is 2.20. The van der Waals surface area contributed by atoms with E-state index in [-0.39, 0.29) is 10.8 Å². The van der Waals surface area contributed by atoms with Crippen LogP contribution in [0.5, 0.6) is 0 Å². The second-order valence-corrected chi connectivity index (χ2v) is 7.75. The lowest BCUT2D eigenvalue weighted by atomic mass is 10.2. The first-order valence-electron chi connectivity index (χ1n) is 8.48. The van der Waals surface area contributed by atoms with Gasteiger partial charge in [-0.15, -0.1) is 4.40 Å². The van der Waals surface area contributed by atoms with Crippen LogP contribution in [0.4, 0.5) is 5.69 Å². The van der Waals surface area contributed by atoms with Crippen LogP contribution >= 0.6 is 0 Å². The van der Waals surface area contributed by atoms with Crippen LogP contribution in [-0.2, 0) is 14.8 Å². The number of amidine groups is 1. The third-order valence-electron chi connectivity index (χ3n) is 4.07. The van der Waals surface area contributed by atoms with E-state index in [0.29, 0.717) is 17.9 Å². The average molecular weight is 384 g/mol. The van der Waals surface area contributed by atoms with Gasteiger partial charge in [0.2, 0.25) is 5.91 Å². The molecular weight excluding hydrogens is 364 g/mol. The number of carbonyl (C=O) groups is 1. The fourth-order valence-corrected chi connectivity index (χ4v) is 3.81.